The molecule has 0 spiro atoms. The molecule has 0 bridgehead atoms. The first-order valence-corrected chi connectivity index (χ1v) is 5.88. The Bertz CT molecular complexity index is 412. The van der Waals surface area contributed by atoms with Gasteiger partial charge in [0.25, 0.3) is 0 Å². The Balaban J connectivity index is 1.86. The Morgan fingerprint density at radius 3 is 3.22 bits per heavy atom. The maximum absolute atomic E-state index is 11.8. The van der Waals surface area contributed by atoms with Crippen molar-refractivity contribution in [2.24, 2.45) is 7.05 Å². The molecule has 1 amide bonds. The van der Waals surface area contributed by atoms with E-state index in [9.17, 15) is 4.79 Å². The lowest BCUT2D eigenvalue weighted by Gasteiger charge is -2.22. The molecule has 18 heavy (non-hydrogen) atoms. The smallest absolute Gasteiger partial charge is 0.227 e. The Morgan fingerprint density at radius 1 is 1.78 bits per heavy atom. The quantitative estimate of drug-likeness (QED) is 0.774. The van der Waals surface area contributed by atoms with Crippen LogP contribution in [0.2, 0.25) is 0 Å². The van der Waals surface area contributed by atoms with Gasteiger partial charge in [-0.15, -0.1) is 0 Å². The molecule has 1 saturated heterocycles. The van der Waals surface area contributed by atoms with E-state index < -0.39 is 0 Å². The van der Waals surface area contributed by atoms with Crippen LogP contribution in [0.4, 0.5) is 5.82 Å². The highest BCUT2D eigenvalue weighted by Crippen LogP contribution is 2.15. The second kappa shape index (κ2) is 5.83. The van der Waals surface area contributed by atoms with Gasteiger partial charge in [-0.25, -0.2) is 4.68 Å². The number of anilines is 1. The van der Waals surface area contributed by atoms with Crippen molar-refractivity contribution in [3.63, 3.8) is 0 Å². The number of carbonyl (C=O) groups is 1. The van der Waals surface area contributed by atoms with Crippen LogP contribution in [0.15, 0.2) is 6.07 Å². The molecule has 0 aromatic carbocycles. The van der Waals surface area contributed by atoms with Crippen molar-refractivity contribution in [2.45, 2.75) is 12.5 Å². The van der Waals surface area contributed by atoms with Crippen LogP contribution >= 0.6 is 0 Å². The minimum Gasteiger partial charge on any atom is -0.481 e. The van der Waals surface area contributed by atoms with Crippen LogP contribution in [0.25, 0.3) is 0 Å². The van der Waals surface area contributed by atoms with Crippen LogP contribution < -0.4 is 15.4 Å². The minimum absolute atomic E-state index is 0.0735. The largest absolute Gasteiger partial charge is 0.481 e. The number of nitrogens with one attached hydrogen (secondary N) is 2. The number of aromatic nitrogens is 2. The number of aryl methyl sites for hydroxylation is 1. The fourth-order valence-corrected chi connectivity index (χ4v) is 1.87. The Hall–Kier alpha value is -1.60. The predicted octanol–water partition coefficient (Wildman–Crippen LogP) is -0.254. The highest BCUT2D eigenvalue weighted by molar-refractivity contribution is 5.90. The van der Waals surface area contributed by atoms with Gasteiger partial charge in [0.2, 0.25) is 11.8 Å². The average molecular weight is 254 g/mol. The molecule has 2 rings (SSSR count). The molecule has 2 heterocycles. The fraction of sp³-hybridized carbons (Fsp3) is 0.636. The number of morpholine rings is 1. The van der Waals surface area contributed by atoms with Gasteiger partial charge in [0, 0.05) is 32.1 Å². The molecule has 1 aliphatic heterocycles. The first-order chi connectivity index (χ1) is 8.69. The van der Waals surface area contributed by atoms with Crippen LogP contribution in [0.1, 0.15) is 6.42 Å². The highest BCUT2D eigenvalue weighted by Gasteiger charge is 2.17. The zero-order valence-corrected chi connectivity index (χ0v) is 10.6. The summed E-state index contributed by atoms with van der Waals surface area (Å²) in [7, 11) is 3.32. The molecule has 1 aromatic rings. The molecule has 7 heteroatoms. The molecule has 1 fully saturated rings. The third-order valence-electron chi connectivity index (χ3n) is 2.74. The SMILES string of the molecule is COc1cc(NC(=O)CC2COCCN2)nn1C. The first-order valence-electron chi connectivity index (χ1n) is 5.88. The maximum Gasteiger partial charge on any atom is 0.227 e. The van der Waals surface area contributed by atoms with Gasteiger partial charge < -0.3 is 20.1 Å². The number of nitrogens with zero attached hydrogens (tertiary/aromatic N) is 2. The van der Waals surface area contributed by atoms with Crippen LogP contribution in [-0.4, -0.2) is 48.6 Å². The molecular formula is C11H18N4O3. The van der Waals surface area contributed by atoms with Gasteiger partial charge in [-0.2, -0.15) is 5.10 Å². The molecule has 2 N–H and O–H groups in total. The van der Waals surface area contributed by atoms with Gasteiger partial charge in [-0.1, -0.05) is 0 Å². The van der Waals surface area contributed by atoms with Crippen molar-refractivity contribution in [3.05, 3.63) is 6.07 Å². The van der Waals surface area contributed by atoms with E-state index in [0.29, 0.717) is 31.3 Å². The molecule has 1 atom stereocenters. The molecule has 7 nitrogen and oxygen atoms in total. The van der Waals surface area contributed by atoms with Crippen molar-refractivity contribution < 1.29 is 14.3 Å². The standard InChI is InChI=1S/C11H18N4O3/c1-15-11(17-2)6-9(14-15)13-10(16)5-8-7-18-4-3-12-8/h6,8,12H,3-5,7H2,1-2H3,(H,13,14,16). The second-order valence-corrected chi connectivity index (χ2v) is 4.17. The maximum atomic E-state index is 11.8. The zero-order chi connectivity index (χ0) is 13.0. The Morgan fingerprint density at radius 2 is 2.61 bits per heavy atom. The first kappa shape index (κ1) is 12.8. The topological polar surface area (TPSA) is 77.4 Å². The van der Waals surface area contributed by atoms with Crippen molar-refractivity contribution >= 4 is 11.7 Å². The van der Waals surface area contributed by atoms with E-state index in [1.54, 1.807) is 24.9 Å². The summed E-state index contributed by atoms with van der Waals surface area (Å²) in [6, 6.07) is 1.76. The molecule has 100 valence electrons. The number of ether oxygens (including phenoxy) is 2. The molecule has 0 aliphatic carbocycles. The molecule has 1 aliphatic rings. The van der Waals surface area contributed by atoms with E-state index in [-0.39, 0.29) is 11.9 Å². The summed E-state index contributed by atoms with van der Waals surface area (Å²) in [5.74, 6) is 1.01. The van der Waals surface area contributed by atoms with Crippen molar-refractivity contribution in [1.29, 1.82) is 0 Å². The number of hydrogen-bond acceptors (Lipinski definition) is 5. The number of hydrogen-bond donors (Lipinski definition) is 2. The van der Waals surface area contributed by atoms with Gasteiger partial charge in [0.15, 0.2) is 5.82 Å². The summed E-state index contributed by atoms with van der Waals surface area (Å²) in [4.78, 5) is 11.8. The number of methoxy groups -OCH3 is 1. The van der Waals surface area contributed by atoms with E-state index in [0.717, 1.165) is 6.54 Å². The van der Waals surface area contributed by atoms with Gasteiger partial charge in [-0.3, -0.25) is 4.79 Å². The molecule has 1 aromatic heterocycles. The second-order valence-electron chi connectivity index (χ2n) is 4.17. The van der Waals surface area contributed by atoms with E-state index in [2.05, 4.69) is 15.7 Å². The van der Waals surface area contributed by atoms with Crippen LogP contribution in [0, 0.1) is 0 Å². The Kier molecular flexibility index (Phi) is 4.16. The lowest BCUT2D eigenvalue weighted by molar-refractivity contribution is -0.117. The van der Waals surface area contributed by atoms with E-state index in [4.69, 9.17) is 9.47 Å². The van der Waals surface area contributed by atoms with E-state index in [1.807, 2.05) is 0 Å². The summed E-state index contributed by atoms with van der Waals surface area (Å²) in [6.45, 7) is 2.06. The van der Waals surface area contributed by atoms with Crippen molar-refractivity contribution in [1.82, 2.24) is 15.1 Å². The molecule has 0 saturated carbocycles. The van der Waals surface area contributed by atoms with Gasteiger partial charge in [-0.05, 0) is 0 Å². The predicted molar refractivity (Wildman–Crippen MR) is 65.6 cm³/mol. The number of rotatable bonds is 4. The molecule has 1 unspecified atom stereocenters. The lowest BCUT2D eigenvalue weighted by Crippen LogP contribution is -2.43. The summed E-state index contributed by atoms with van der Waals surface area (Å²) in [5, 5.41) is 10.1. The number of amides is 1. The molecular weight excluding hydrogens is 236 g/mol. The third-order valence-corrected chi connectivity index (χ3v) is 2.74. The van der Waals surface area contributed by atoms with Crippen LogP contribution in [0.3, 0.4) is 0 Å². The highest BCUT2D eigenvalue weighted by atomic mass is 16.5. The third kappa shape index (κ3) is 3.21. The summed E-state index contributed by atoms with van der Waals surface area (Å²) >= 11 is 0. The van der Waals surface area contributed by atoms with Crippen molar-refractivity contribution in [2.75, 3.05) is 32.2 Å². The van der Waals surface area contributed by atoms with E-state index in [1.165, 1.54) is 0 Å². The summed E-state index contributed by atoms with van der Waals surface area (Å²) < 4.78 is 11.9. The lowest BCUT2D eigenvalue weighted by atomic mass is 10.2. The summed E-state index contributed by atoms with van der Waals surface area (Å²) in [6.07, 6.45) is 0.374. The van der Waals surface area contributed by atoms with Gasteiger partial charge in [0.1, 0.15) is 0 Å². The number of carbonyl (C=O) groups excluding carboxylic acids is 1. The monoisotopic (exact) mass is 254 g/mol. The minimum atomic E-state index is -0.0845. The van der Waals surface area contributed by atoms with Crippen molar-refractivity contribution in [3.8, 4) is 5.88 Å². The van der Waals surface area contributed by atoms with Crippen LogP contribution in [0.5, 0.6) is 5.88 Å². The summed E-state index contributed by atoms with van der Waals surface area (Å²) in [5.41, 5.74) is 0. The normalized spacial score (nSPS) is 19.6. The fourth-order valence-electron chi connectivity index (χ4n) is 1.87. The van der Waals surface area contributed by atoms with Gasteiger partial charge >= 0.3 is 0 Å². The van der Waals surface area contributed by atoms with Crippen LogP contribution in [-0.2, 0) is 16.6 Å². The molecule has 0 radical (unpaired) electrons. The van der Waals surface area contributed by atoms with E-state index >= 15 is 0 Å². The Labute approximate surface area is 105 Å². The zero-order valence-electron chi connectivity index (χ0n) is 10.6. The average Bonchev–Trinajstić information content (AvgIpc) is 2.70. The van der Waals surface area contributed by atoms with Gasteiger partial charge in [0.05, 0.1) is 20.3 Å².